The number of nitrogens with one attached hydrogen (secondary N) is 1. The van der Waals surface area contributed by atoms with E-state index in [2.05, 4.69) is 5.32 Å². The third-order valence-electron chi connectivity index (χ3n) is 3.12. The molecule has 0 aromatic heterocycles. The number of thioether (sulfide) groups is 1. The second kappa shape index (κ2) is 6.17. The van der Waals surface area contributed by atoms with Gasteiger partial charge in [-0.3, -0.25) is 4.79 Å². The predicted molar refractivity (Wildman–Crippen MR) is 94.0 cm³/mol. The number of anilines is 1. The van der Waals surface area contributed by atoms with Crippen LogP contribution in [-0.4, -0.2) is 5.78 Å². The molecule has 0 bridgehead atoms. The van der Waals surface area contributed by atoms with E-state index in [9.17, 15) is 4.79 Å². The standard InChI is InChI=1S/C16H10Cl3NOS/c17-16(18,19)11-7-5-10(6-8-11)13(21)9-15-20-12-3-1-2-4-14(12)22-15/h1-9,20H. The molecular weight excluding hydrogens is 361 g/mol. The molecule has 1 aliphatic heterocycles. The summed E-state index contributed by atoms with van der Waals surface area (Å²) in [6.07, 6.45) is 1.58. The minimum Gasteiger partial charge on any atom is -0.349 e. The van der Waals surface area contributed by atoms with Gasteiger partial charge >= 0.3 is 0 Å². The number of para-hydroxylation sites is 1. The van der Waals surface area contributed by atoms with Gasteiger partial charge in [-0.1, -0.05) is 83.0 Å². The number of carbonyl (C=O) groups is 1. The molecule has 3 rings (SSSR count). The molecule has 0 radical (unpaired) electrons. The molecular formula is C16H10Cl3NOS. The number of allylic oxidation sites excluding steroid dienone is 1. The van der Waals surface area contributed by atoms with E-state index in [4.69, 9.17) is 34.8 Å². The quantitative estimate of drug-likeness (QED) is 0.414. The molecule has 0 saturated carbocycles. The lowest BCUT2D eigenvalue weighted by atomic mass is 10.1. The van der Waals surface area contributed by atoms with Crippen molar-refractivity contribution in [2.45, 2.75) is 8.69 Å². The van der Waals surface area contributed by atoms with E-state index in [0.29, 0.717) is 11.1 Å². The first kappa shape index (κ1) is 15.8. The summed E-state index contributed by atoms with van der Waals surface area (Å²) < 4.78 is -1.48. The monoisotopic (exact) mass is 369 g/mol. The summed E-state index contributed by atoms with van der Waals surface area (Å²) in [5.41, 5.74) is 2.09. The number of benzene rings is 2. The first-order chi connectivity index (χ1) is 10.4. The van der Waals surface area contributed by atoms with Gasteiger partial charge in [0.05, 0.1) is 10.7 Å². The van der Waals surface area contributed by atoms with Gasteiger partial charge in [-0.2, -0.15) is 0 Å². The largest absolute Gasteiger partial charge is 0.349 e. The van der Waals surface area contributed by atoms with Crippen LogP contribution in [0.1, 0.15) is 15.9 Å². The number of halogens is 3. The number of alkyl halides is 3. The Morgan fingerprint density at radius 2 is 1.73 bits per heavy atom. The molecule has 0 unspecified atom stereocenters. The van der Waals surface area contributed by atoms with E-state index < -0.39 is 3.79 Å². The molecule has 0 fully saturated rings. The van der Waals surface area contributed by atoms with Crippen molar-refractivity contribution in [2.24, 2.45) is 0 Å². The maximum absolute atomic E-state index is 12.3. The molecule has 0 saturated heterocycles. The number of hydrogen-bond donors (Lipinski definition) is 1. The van der Waals surface area contributed by atoms with Crippen LogP contribution in [0.25, 0.3) is 0 Å². The maximum atomic E-state index is 12.3. The SMILES string of the molecule is O=C(C=C1Nc2ccccc2S1)c1ccc(C(Cl)(Cl)Cl)cc1. The Labute approximate surface area is 147 Å². The van der Waals surface area contributed by atoms with E-state index in [0.717, 1.165) is 15.6 Å². The van der Waals surface area contributed by atoms with Crippen molar-refractivity contribution in [1.29, 1.82) is 0 Å². The van der Waals surface area contributed by atoms with Crippen LogP contribution < -0.4 is 5.32 Å². The highest BCUT2D eigenvalue weighted by Gasteiger charge is 2.22. The molecule has 1 aliphatic rings. The van der Waals surface area contributed by atoms with Crippen molar-refractivity contribution in [3.8, 4) is 0 Å². The highest BCUT2D eigenvalue weighted by Crippen LogP contribution is 2.41. The van der Waals surface area contributed by atoms with Crippen molar-refractivity contribution in [3.05, 3.63) is 70.8 Å². The number of fused-ring (bicyclic) bond motifs is 1. The minimum atomic E-state index is -1.48. The smallest absolute Gasteiger partial charge is 0.216 e. The summed E-state index contributed by atoms with van der Waals surface area (Å²) in [5, 5.41) is 4.01. The fourth-order valence-electron chi connectivity index (χ4n) is 2.03. The molecule has 2 aromatic rings. The van der Waals surface area contributed by atoms with Crippen molar-refractivity contribution in [3.63, 3.8) is 0 Å². The summed E-state index contributed by atoms with van der Waals surface area (Å²) in [6.45, 7) is 0. The molecule has 2 nitrogen and oxygen atoms in total. The van der Waals surface area contributed by atoms with Gasteiger partial charge in [0.2, 0.25) is 3.79 Å². The van der Waals surface area contributed by atoms with E-state index in [1.165, 1.54) is 11.8 Å². The molecule has 1 heterocycles. The zero-order chi connectivity index (χ0) is 15.7. The van der Waals surface area contributed by atoms with Crippen LogP contribution in [0.2, 0.25) is 0 Å². The predicted octanol–water partition coefficient (Wildman–Crippen LogP) is 5.76. The molecule has 0 atom stereocenters. The van der Waals surface area contributed by atoms with Crippen LogP contribution in [0.5, 0.6) is 0 Å². The Kier molecular flexibility index (Phi) is 4.42. The lowest BCUT2D eigenvalue weighted by Gasteiger charge is -2.10. The molecule has 22 heavy (non-hydrogen) atoms. The van der Waals surface area contributed by atoms with E-state index in [1.807, 2.05) is 24.3 Å². The van der Waals surface area contributed by atoms with Crippen molar-refractivity contribution >= 4 is 58.0 Å². The Bertz CT molecular complexity index is 724. The van der Waals surface area contributed by atoms with Gasteiger partial charge in [0.25, 0.3) is 0 Å². The Morgan fingerprint density at radius 1 is 1.05 bits per heavy atom. The van der Waals surface area contributed by atoms with Gasteiger partial charge in [0.1, 0.15) is 0 Å². The molecule has 0 spiro atoms. The molecule has 2 aromatic carbocycles. The lowest BCUT2D eigenvalue weighted by Crippen LogP contribution is -2.02. The molecule has 0 amide bonds. The summed E-state index contributed by atoms with van der Waals surface area (Å²) >= 11 is 18.9. The van der Waals surface area contributed by atoms with Gasteiger partial charge in [-0.05, 0) is 12.1 Å². The van der Waals surface area contributed by atoms with Crippen LogP contribution in [0, 0.1) is 0 Å². The van der Waals surface area contributed by atoms with Gasteiger partial charge in [-0.15, -0.1) is 0 Å². The lowest BCUT2D eigenvalue weighted by molar-refractivity contribution is 0.104. The van der Waals surface area contributed by atoms with Gasteiger partial charge in [-0.25, -0.2) is 0 Å². The van der Waals surface area contributed by atoms with Crippen LogP contribution in [0.3, 0.4) is 0 Å². The number of ketones is 1. The second-order valence-electron chi connectivity index (χ2n) is 4.67. The number of rotatable bonds is 2. The Morgan fingerprint density at radius 3 is 2.36 bits per heavy atom. The normalized spacial score (nSPS) is 15.5. The third kappa shape index (κ3) is 3.44. The van der Waals surface area contributed by atoms with Gasteiger partial charge in [0, 0.05) is 22.1 Å². The summed E-state index contributed by atoms with van der Waals surface area (Å²) in [7, 11) is 0. The molecule has 0 aliphatic carbocycles. The van der Waals surface area contributed by atoms with Crippen molar-refractivity contribution in [1.82, 2.24) is 0 Å². The maximum Gasteiger partial charge on any atom is 0.216 e. The van der Waals surface area contributed by atoms with Crippen molar-refractivity contribution < 1.29 is 4.79 Å². The highest BCUT2D eigenvalue weighted by atomic mass is 35.6. The number of carbonyl (C=O) groups excluding carboxylic acids is 1. The zero-order valence-electron chi connectivity index (χ0n) is 11.1. The Balaban J connectivity index is 1.77. The van der Waals surface area contributed by atoms with E-state index in [1.54, 1.807) is 30.3 Å². The average molecular weight is 371 g/mol. The first-order valence-corrected chi connectivity index (χ1v) is 8.36. The summed E-state index contributed by atoms with van der Waals surface area (Å²) in [4.78, 5) is 13.4. The van der Waals surface area contributed by atoms with Crippen LogP contribution in [0.15, 0.2) is 64.5 Å². The fraction of sp³-hybridized carbons (Fsp3) is 0.0625. The van der Waals surface area contributed by atoms with Crippen LogP contribution in [0.4, 0.5) is 5.69 Å². The summed E-state index contributed by atoms with van der Waals surface area (Å²) in [6, 6.07) is 14.5. The van der Waals surface area contributed by atoms with Crippen LogP contribution in [-0.2, 0) is 3.79 Å². The Hall–Kier alpha value is -1.13. The molecule has 1 N–H and O–H groups in total. The molecule has 112 valence electrons. The number of hydrogen-bond acceptors (Lipinski definition) is 3. The fourth-order valence-corrected chi connectivity index (χ4v) is 3.34. The van der Waals surface area contributed by atoms with Gasteiger partial charge < -0.3 is 5.32 Å². The van der Waals surface area contributed by atoms with Crippen LogP contribution >= 0.6 is 46.6 Å². The minimum absolute atomic E-state index is 0.0985. The first-order valence-electron chi connectivity index (χ1n) is 6.41. The highest BCUT2D eigenvalue weighted by molar-refractivity contribution is 8.03. The van der Waals surface area contributed by atoms with Crippen molar-refractivity contribution in [2.75, 3.05) is 5.32 Å². The van der Waals surface area contributed by atoms with E-state index in [-0.39, 0.29) is 5.78 Å². The summed E-state index contributed by atoms with van der Waals surface area (Å²) in [5.74, 6) is -0.0985. The van der Waals surface area contributed by atoms with Gasteiger partial charge in [0.15, 0.2) is 5.78 Å². The van der Waals surface area contributed by atoms with E-state index >= 15 is 0 Å². The topological polar surface area (TPSA) is 29.1 Å². The average Bonchev–Trinajstić information content (AvgIpc) is 2.88. The molecule has 6 heteroatoms. The zero-order valence-corrected chi connectivity index (χ0v) is 14.2. The third-order valence-corrected chi connectivity index (χ3v) is 4.79. The second-order valence-corrected chi connectivity index (χ2v) is 8.04.